The van der Waals surface area contributed by atoms with Gasteiger partial charge in [-0.2, -0.15) is 0 Å². The first-order valence-electron chi connectivity index (χ1n) is 9.04. The molecule has 0 bridgehead atoms. The number of benzene rings is 1. The normalized spacial score (nSPS) is 16.0. The molecule has 1 aliphatic rings. The van der Waals surface area contributed by atoms with Gasteiger partial charge in [0.2, 0.25) is 0 Å². The zero-order valence-corrected chi connectivity index (χ0v) is 18.4. The number of guanidine groups is 1. The first-order valence-corrected chi connectivity index (χ1v) is 9.04. The van der Waals surface area contributed by atoms with Crippen LogP contribution in [-0.2, 0) is 0 Å². The molecule has 6 heteroatoms. The Kier molecular flexibility index (Phi) is 9.56. The van der Waals surface area contributed by atoms with Crippen molar-refractivity contribution in [2.45, 2.75) is 27.7 Å². The van der Waals surface area contributed by atoms with Crippen molar-refractivity contribution in [2.75, 3.05) is 50.7 Å². The van der Waals surface area contributed by atoms with Crippen LogP contribution in [0.5, 0.6) is 0 Å². The van der Waals surface area contributed by atoms with Crippen molar-refractivity contribution < 1.29 is 0 Å². The van der Waals surface area contributed by atoms with Crippen LogP contribution in [0.15, 0.2) is 23.2 Å². The molecule has 0 radical (unpaired) electrons. The monoisotopic (exact) mass is 459 g/mol. The van der Waals surface area contributed by atoms with Crippen LogP contribution in [0.25, 0.3) is 0 Å². The van der Waals surface area contributed by atoms with Gasteiger partial charge in [-0.3, -0.25) is 9.89 Å². The van der Waals surface area contributed by atoms with Gasteiger partial charge in [0.25, 0.3) is 0 Å². The van der Waals surface area contributed by atoms with E-state index in [2.05, 4.69) is 66.0 Å². The van der Waals surface area contributed by atoms with Gasteiger partial charge in [-0.25, -0.2) is 0 Å². The molecule has 0 aliphatic carbocycles. The summed E-state index contributed by atoms with van der Waals surface area (Å²) in [7, 11) is 0. The summed E-state index contributed by atoms with van der Waals surface area (Å²) in [4.78, 5) is 9.33. The highest BCUT2D eigenvalue weighted by Crippen LogP contribution is 2.23. The van der Waals surface area contributed by atoms with Gasteiger partial charge in [0.15, 0.2) is 5.96 Å². The molecular weight excluding hydrogens is 425 g/mol. The van der Waals surface area contributed by atoms with E-state index in [4.69, 9.17) is 5.73 Å². The second-order valence-corrected chi connectivity index (χ2v) is 7.09. The van der Waals surface area contributed by atoms with Crippen LogP contribution in [0, 0.1) is 19.8 Å². The molecule has 3 N–H and O–H groups in total. The van der Waals surface area contributed by atoms with Gasteiger partial charge in [-0.15, -0.1) is 24.0 Å². The Bertz CT molecular complexity index is 551. The maximum Gasteiger partial charge on any atom is 0.188 e. The van der Waals surface area contributed by atoms with E-state index in [0.29, 0.717) is 11.9 Å². The molecule has 0 atom stereocenters. The molecule has 0 amide bonds. The minimum absolute atomic E-state index is 0. The number of piperazine rings is 1. The smallest absolute Gasteiger partial charge is 0.188 e. The van der Waals surface area contributed by atoms with E-state index in [9.17, 15) is 0 Å². The molecule has 2 rings (SSSR count). The number of rotatable bonds is 6. The largest absolute Gasteiger partial charge is 0.370 e. The van der Waals surface area contributed by atoms with E-state index in [1.807, 2.05) is 0 Å². The molecule has 25 heavy (non-hydrogen) atoms. The Morgan fingerprint density at radius 3 is 2.52 bits per heavy atom. The quantitative estimate of drug-likeness (QED) is 0.390. The Morgan fingerprint density at radius 2 is 1.88 bits per heavy atom. The van der Waals surface area contributed by atoms with Crippen LogP contribution in [0.1, 0.15) is 25.0 Å². The number of aryl methyl sites for hydroxylation is 1. The first kappa shape index (κ1) is 22.0. The van der Waals surface area contributed by atoms with Crippen molar-refractivity contribution in [3.05, 3.63) is 29.3 Å². The van der Waals surface area contributed by atoms with Gasteiger partial charge in [-0.1, -0.05) is 26.0 Å². The fourth-order valence-corrected chi connectivity index (χ4v) is 2.97. The third-order valence-corrected chi connectivity index (χ3v) is 4.65. The third-order valence-electron chi connectivity index (χ3n) is 4.65. The Labute approximate surface area is 170 Å². The zero-order chi connectivity index (χ0) is 17.5. The standard InChI is InChI=1S/C19H33N5.HI/c1-15(2)14-22-19(20)21-8-9-23-10-12-24(13-11-23)18-7-5-6-16(3)17(18)4;/h5-7,15H,8-14H2,1-4H3,(H3,20,21,22);1H. The summed E-state index contributed by atoms with van der Waals surface area (Å²) in [5.74, 6) is 1.11. The number of aliphatic imine (C=N–C) groups is 1. The fourth-order valence-electron chi connectivity index (χ4n) is 2.97. The average Bonchev–Trinajstić information content (AvgIpc) is 2.56. The number of anilines is 1. The third kappa shape index (κ3) is 7.01. The highest BCUT2D eigenvalue weighted by Gasteiger charge is 2.18. The van der Waals surface area contributed by atoms with Gasteiger partial charge in [-0.05, 0) is 37.0 Å². The minimum atomic E-state index is 0. The first-order chi connectivity index (χ1) is 11.5. The van der Waals surface area contributed by atoms with Crippen molar-refractivity contribution in [1.82, 2.24) is 10.2 Å². The lowest BCUT2D eigenvalue weighted by Gasteiger charge is -2.37. The second kappa shape index (κ2) is 10.9. The van der Waals surface area contributed by atoms with E-state index in [-0.39, 0.29) is 24.0 Å². The molecular formula is C19H34IN5. The molecule has 1 aliphatic heterocycles. The number of nitrogens with one attached hydrogen (secondary N) is 1. The van der Waals surface area contributed by atoms with Crippen LogP contribution in [0.3, 0.4) is 0 Å². The van der Waals surface area contributed by atoms with E-state index in [1.54, 1.807) is 0 Å². The molecule has 1 aromatic rings. The summed E-state index contributed by atoms with van der Waals surface area (Å²) in [6.07, 6.45) is 0. The molecule has 0 unspecified atom stereocenters. The molecule has 1 saturated heterocycles. The molecule has 0 aromatic heterocycles. The maximum absolute atomic E-state index is 5.88. The molecule has 5 nitrogen and oxygen atoms in total. The Hall–Kier alpha value is -1.02. The average molecular weight is 459 g/mol. The number of hydrogen-bond acceptors (Lipinski definition) is 3. The number of hydrogen-bond donors (Lipinski definition) is 2. The van der Waals surface area contributed by atoms with Crippen molar-refractivity contribution in [3.8, 4) is 0 Å². The molecule has 142 valence electrons. The molecule has 1 heterocycles. The van der Waals surface area contributed by atoms with Crippen LogP contribution in [0.2, 0.25) is 0 Å². The molecule has 1 fully saturated rings. The van der Waals surface area contributed by atoms with E-state index in [0.717, 1.165) is 45.8 Å². The van der Waals surface area contributed by atoms with Gasteiger partial charge in [0.1, 0.15) is 0 Å². The highest BCUT2D eigenvalue weighted by molar-refractivity contribution is 14.0. The van der Waals surface area contributed by atoms with E-state index < -0.39 is 0 Å². The molecule has 1 aromatic carbocycles. The van der Waals surface area contributed by atoms with Gasteiger partial charge >= 0.3 is 0 Å². The van der Waals surface area contributed by atoms with Crippen LogP contribution < -0.4 is 16.0 Å². The number of nitrogens with two attached hydrogens (primary N) is 1. The molecule has 0 spiro atoms. The predicted octanol–water partition coefficient (Wildman–Crippen LogP) is 2.60. The van der Waals surface area contributed by atoms with Gasteiger partial charge in [0.05, 0.1) is 0 Å². The summed E-state index contributed by atoms with van der Waals surface area (Å²) < 4.78 is 0. The number of halogens is 1. The summed E-state index contributed by atoms with van der Waals surface area (Å²) in [6, 6.07) is 6.59. The van der Waals surface area contributed by atoms with E-state index in [1.165, 1.54) is 16.8 Å². The second-order valence-electron chi connectivity index (χ2n) is 7.09. The van der Waals surface area contributed by atoms with Gasteiger partial charge in [0, 0.05) is 51.5 Å². The predicted molar refractivity (Wildman–Crippen MR) is 119 cm³/mol. The van der Waals surface area contributed by atoms with Crippen LogP contribution in [-0.4, -0.2) is 56.7 Å². The minimum Gasteiger partial charge on any atom is -0.370 e. The lowest BCUT2D eigenvalue weighted by atomic mass is 10.1. The zero-order valence-electron chi connectivity index (χ0n) is 16.1. The van der Waals surface area contributed by atoms with E-state index >= 15 is 0 Å². The van der Waals surface area contributed by atoms with Crippen molar-refractivity contribution in [1.29, 1.82) is 0 Å². The SMILES string of the molecule is Cc1cccc(N2CCN(CCNC(N)=NCC(C)C)CC2)c1C.I. The summed E-state index contributed by atoms with van der Waals surface area (Å²) in [6.45, 7) is 15.7. The summed E-state index contributed by atoms with van der Waals surface area (Å²) >= 11 is 0. The van der Waals surface area contributed by atoms with Crippen LogP contribution >= 0.6 is 24.0 Å². The topological polar surface area (TPSA) is 56.9 Å². The Morgan fingerprint density at radius 1 is 1.20 bits per heavy atom. The summed E-state index contributed by atoms with van der Waals surface area (Å²) in [5.41, 5.74) is 10.0. The number of nitrogens with zero attached hydrogens (tertiary/aromatic N) is 3. The molecule has 0 saturated carbocycles. The van der Waals surface area contributed by atoms with Crippen molar-refractivity contribution in [3.63, 3.8) is 0 Å². The lowest BCUT2D eigenvalue weighted by molar-refractivity contribution is 0.261. The highest BCUT2D eigenvalue weighted by atomic mass is 127. The Balaban J connectivity index is 0.00000312. The maximum atomic E-state index is 5.88. The summed E-state index contributed by atoms with van der Waals surface area (Å²) in [5, 5.41) is 3.22. The van der Waals surface area contributed by atoms with Crippen LogP contribution in [0.4, 0.5) is 5.69 Å². The fraction of sp³-hybridized carbons (Fsp3) is 0.632. The van der Waals surface area contributed by atoms with Crippen molar-refractivity contribution >= 4 is 35.6 Å². The van der Waals surface area contributed by atoms with Gasteiger partial charge < -0.3 is 16.0 Å². The lowest BCUT2D eigenvalue weighted by Crippen LogP contribution is -2.49. The van der Waals surface area contributed by atoms with Crippen molar-refractivity contribution in [2.24, 2.45) is 16.6 Å².